The molecule has 1 atom stereocenters. The lowest BCUT2D eigenvalue weighted by Crippen LogP contribution is -2.46. The number of pyridine rings is 1. The first kappa shape index (κ1) is 19.6. The normalized spacial score (nSPS) is 19.7. The predicted octanol–water partition coefficient (Wildman–Crippen LogP) is 5.19. The smallest absolute Gasteiger partial charge is 0.156 e. The molecule has 3 nitrogen and oxygen atoms in total. The zero-order chi connectivity index (χ0) is 20.4. The molecule has 1 aliphatic rings. The summed E-state index contributed by atoms with van der Waals surface area (Å²) in [6.45, 7) is -0.901. The van der Waals surface area contributed by atoms with Crippen LogP contribution in [0.4, 0.5) is 17.6 Å². The van der Waals surface area contributed by atoms with Gasteiger partial charge in [-0.2, -0.15) is 0 Å². The minimum atomic E-state index is -2.00. The summed E-state index contributed by atoms with van der Waals surface area (Å²) in [6, 6.07) is 8.79. The third kappa shape index (κ3) is 4.19. The van der Waals surface area contributed by atoms with Gasteiger partial charge in [0.05, 0.1) is 0 Å². The first-order chi connectivity index (χ1) is 14.0. The van der Waals surface area contributed by atoms with Crippen LogP contribution in [0, 0.1) is 11.6 Å². The van der Waals surface area contributed by atoms with Crippen LogP contribution in [0.1, 0.15) is 30.1 Å². The molecule has 1 saturated carbocycles. The third-order valence-corrected chi connectivity index (χ3v) is 5.28. The first-order valence-electron chi connectivity index (χ1n) is 9.45. The number of hydrogen-bond acceptors (Lipinski definition) is 3. The van der Waals surface area contributed by atoms with Crippen molar-refractivity contribution in [2.24, 2.45) is 0 Å². The van der Waals surface area contributed by atoms with Gasteiger partial charge >= 0.3 is 0 Å². The Morgan fingerprint density at radius 1 is 1.10 bits per heavy atom. The second kappa shape index (κ2) is 8.37. The van der Waals surface area contributed by atoms with Gasteiger partial charge in [0.2, 0.25) is 0 Å². The van der Waals surface area contributed by atoms with Gasteiger partial charge in [0.1, 0.15) is 30.2 Å². The van der Waals surface area contributed by atoms with Crippen LogP contribution in [0.25, 0.3) is 10.8 Å². The van der Waals surface area contributed by atoms with E-state index in [1.165, 1.54) is 18.2 Å². The largest absolute Gasteiger partial charge is 0.490 e. The Morgan fingerprint density at radius 3 is 2.69 bits per heavy atom. The highest BCUT2D eigenvalue weighted by Gasteiger charge is 2.31. The molecule has 29 heavy (non-hydrogen) atoms. The Morgan fingerprint density at radius 2 is 1.90 bits per heavy atom. The lowest BCUT2D eigenvalue weighted by atomic mass is 9.89. The maximum absolute atomic E-state index is 14.2. The van der Waals surface area contributed by atoms with Crippen molar-refractivity contribution in [3.63, 3.8) is 0 Å². The number of nitrogens with one attached hydrogen (secondary N) is 1. The lowest BCUT2D eigenvalue weighted by Gasteiger charge is -2.36. The minimum absolute atomic E-state index is 0.115. The highest BCUT2D eigenvalue weighted by Crippen LogP contribution is 2.30. The fraction of sp³-hybridized carbons (Fsp3) is 0.318. The highest BCUT2D eigenvalue weighted by atomic mass is 19.2. The van der Waals surface area contributed by atoms with Gasteiger partial charge in [0.25, 0.3) is 0 Å². The topological polar surface area (TPSA) is 34.1 Å². The molecule has 0 spiro atoms. The van der Waals surface area contributed by atoms with Crippen LogP contribution in [0.5, 0.6) is 5.75 Å². The molecular formula is C22H20F4N2O. The Balaban J connectivity index is 1.33. The Bertz CT molecular complexity index is 1010. The number of alkyl halides is 2. The number of halogens is 4. The second-order valence-electron chi connectivity index (χ2n) is 7.22. The van der Waals surface area contributed by atoms with Crippen LogP contribution in [0.3, 0.4) is 0 Å². The number of nitrogens with zero attached hydrogens (tertiary/aromatic N) is 1. The van der Waals surface area contributed by atoms with Gasteiger partial charge in [-0.05, 0) is 54.6 Å². The van der Waals surface area contributed by atoms with Crippen LogP contribution in [0.2, 0.25) is 0 Å². The molecular weight excluding hydrogens is 384 g/mol. The molecule has 1 fully saturated rings. The fourth-order valence-electron chi connectivity index (χ4n) is 3.57. The van der Waals surface area contributed by atoms with Gasteiger partial charge in [0, 0.05) is 41.5 Å². The third-order valence-electron chi connectivity index (χ3n) is 5.28. The summed E-state index contributed by atoms with van der Waals surface area (Å²) in [5.74, 6) is -0.743. The number of ether oxygens (including phenoxy) is 1. The van der Waals surface area contributed by atoms with E-state index in [4.69, 9.17) is 4.74 Å². The molecule has 3 aromatic rings. The molecule has 2 aromatic carbocycles. The van der Waals surface area contributed by atoms with E-state index < -0.39 is 18.7 Å². The van der Waals surface area contributed by atoms with Gasteiger partial charge in [-0.1, -0.05) is 0 Å². The molecule has 0 bridgehead atoms. The Hall–Kier alpha value is -2.67. The van der Waals surface area contributed by atoms with E-state index in [9.17, 15) is 17.6 Å². The molecule has 0 radical (unpaired) electrons. The van der Waals surface area contributed by atoms with E-state index in [0.29, 0.717) is 30.7 Å². The van der Waals surface area contributed by atoms with E-state index in [-0.39, 0.29) is 23.5 Å². The summed E-state index contributed by atoms with van der Waals surface area (Å²) in [6.07, 6.45) is 2.59. The fourth-order valence-corrected chi connectivity index (χ4v) is 3.57. The van der Waals surface area contributed by atoms with Crippen molar-refractivity contribution in [3.05, 3.63) is 71.6 Å². The predicted molar refractivity (Wildman–Crippen MR) is 102 cm³/mol. The molecule has 1 unspecified atom stereocenters. The summed E-state index contributed by atoms with van der Waals surface area (Å²) in [7, 11) is 0. The standard InChI is InChI=1S/C22H20F4N2O/c23-10-22(26)18-9-15(2-4-20(18)24)29-16-7-14(8-16)28-12-19-17-5-6-27-11-13(17)1-3-21(19)25/h1-6,9,11,14,16,22,28H,7-8,10,12H2/t14-,16-,22?. The van der Waals surface area contributed by atoms with Gasteiger partial charge < -0.3 is 10.1 Å². The number of hydrogen-bond donors (Lipinski definition) is 1. The Labute approximate surface area is 165 Å². The van der Waals surface area contributed by atoms with Crippen molar-refractivity contribution in [1.29, 1.82) is 0 Å². The van der Waals surface area contributed by atoms with Crippen molar-refractivity contribution in [2.75, 3.05) is 6.67 Å². The van der Waals surface area contributed by atoms with Crippen molar-refractivity contribution in [2.45, 2.75) is 37.7 Å². The van der Waals surface area contributed by atoms with E-state index >= 15 is 0 Å². The molecule has 0 amide bonds. The molecule has 1 aliphatic carbocycles. The monoisotopic (exact) mass is 404 g/mol. The van der Waals surface area contributed by atoms with E-state index in [1.54, 1.807) is 24.5 Å². The van der Waals surface area contributed by atoms with Crippen LogP contribution in [-0.2, 0) is 6.54 Å². The SMILES string of the molecule is FCC(F)c1cc(O[C@H]2C[C@H](NCc3c(F)ccc4cnccc34)C2)ccc1F. The van der Waals surface area contributed by atoms with Crippen molar-refractivity contribution < 1.29 is 22.3 Å². The minimum Gasteiger partial charge on any atom is -0.490 e. The maximum Gasteiger partial charge on any atom is 0.156 e. The summed E-state index contributed by atoms with van der Waals surface area (Å²) in [5, 5.41) is 5.03. The average molecular weight is 404 g/mol. The van der Waals surface area contributed by atoms with E-state index in [0.717, 1.165) is 16.8 Å². The number of fused-ring (bicyclic) bond motifs is 1. The van der Waals surface area contributed by atoms with Gasteiger partial charge in [-0.25, -0.2) is 17.6 Å². The molecule has 1 heterocycles. The number of aromatic nitrogens is 1. The van der Waals surface area contributed by atoms with Crippen molar-refractivity contribution in [3.8, 4) is 5.75 Å². The number of rotatable bonds is 7. The van der Waals surface area contributed by atoms with Crippen molar-refractivity contribution in [1.82, 2.24) is 10.3 Å². The summed E-state index contributed by atoms with van der Waals surface area (Å²) in [5.41, 5.74) is 0.262. The summed E-state index contributed by atoms with van der Waals surface area (Å²) >= 11 is 0. The molecule has 152 valence electrons. The molecule has 0 saturated heterocycles. The van der Waals surface area contributed by atoms with E-state index in [2.05, 4.69) is 10.3 Å². The average Bonchev–Trinajstić information content (AvgIpc) is 2.71. The first-order valence-corrected chi connectivity index (χ1v) is 9.45. The highest BCUT2D eigenvalue weighted by molar-refractivity contribution is 5.84. The van der Waals surface area contributed by atoms with Crippen LogP contribution >= 0.6 is 0 Å². The van der Waals surface area contributed by atoms with Gasteiger partial charge in [0.15, 0.2) is 6.17 Å². The van der Waals surface area contributed by atoms with E-state index in [1.807, 2.05) is 0 Å². The number of benzene rings is 2. The van der Waals surface area contributed by atoms with Crippen LogP contribution in [-0.4, -0.2) is 23.8 Å². The van der Waals surface area contributed by atoms with Crippen LogP contribution in [0.15, 0.2) is 48.8 Å². The molecule has 0 aliphatic heterocycles. The van der Waals surface area contributed by atoms with Gasteiger partial charge in [-0.3, -0.25) is 4.98 Å². The molecule has 1 aromatic heterocycles. The second-order valence-corrected chi connectivity index (χ2v) is 7.22. The molecule has 4 rings (SSSR count). The van der Waals surface area contributed by atoms with Crippen LogP contribution < -0.4 is 10.1 Å². The quantitative estimate of drug-likeness (QED) is 0.550. The zero-order valence-electron chi connectivity index (χ0n) is 15.5. The molecule has 7 heteroatoms. The summed E-state index contributed by atoms with van der Waals surface area (Å²) in [4.78, 5) is 4.06. The Kier molecular flexibility index (Phi) is 5.67. The zero-order valence-corrected chi connectivity index (χ0v) is 15.5. The van der Waals surface area contributed by atoms with Crippen molar-refractivity contribution >= 4 is 10.8 Å². The molecule has 1 N–H and O–H groups in total. The maximum atomic E-state index is 14.2. The van der Waals surface area contributed by atoms with Gasteiger partial charge in [-0.15, -0.1) is 0 Å². The summed E-state index contributed by atoms with van der Waals surface area (Å²) < 4.78 is 59.6. The lowest BCUT2D eigenvalue weighted by molar-refractivity contribution is 0.0838.